The summed E-state index contributed by atoms with van der Waals surface area (Å²) in [5.74, 6) is -3.16. The van der Waals surface area contributed by atoms with Gasteiger partial charge in [0.15, 0.2) is 0 Å². The van der Waals surface area contributed by atoms with E-state index in [2.05, 4.69) is 15.9 Å². The summed E-state index contributed by atoms with van der Waals surface area (Å²) in [5, 5.41) is 9.98. The number of hydrogen-bond donors (Lipinski definition) is 1. The first-order valence-electron chi connectivity index (χ1n) is 5.88. The van der Waals surface area contributed by atoms with Crippen LogP contribution in [0.1, 0.15) is 37.4 Å². The van der Waals surface area contributed by atoms with Crippen LogP contribution in [0.15, 0.2) is 22.7 Å². The van der Waals surface area contributed by atoms with Crippen molar-refractivity contribution in [3.05, 3.63) is 34.1 Å². The van der Waals surface area contributed by atoms with Crippen LogP contribution >= 0.6 is 15.9 Å². The number of rotatable bonds is 3. The molecule has 1 saturated carbocycles. The van der Waals surface area contributed by atoms with Crippen molar-refractivity contribution in [1.29, 1.82) is 0 Å². The monoisotopic (exact) mass is 322 g/mol. The van der Waals surface area contributed by atoms with Gasteiger partial charge in [-0.05, 0) is 52.4 Å². The second kappa shape index (κ2) is 5.21. The van der Waals surface area contributed by atoms with E-state index in [4.69, 9.17) is 0 Å². The summed E-state index contributed by atoms with van der Waals surface area (Å²) in [6, 6.07) is 4.23. The molecule has 5 heteroatoms. The van der Waals surface area contributed by atoms with Crippen molar-refractivity contribution in [3.8, 4) is 0 Å². The van der Waals surface area contributed by atoms with Crippen LogP contribution in [0.4, 0.5) is 13.2 Å². The summed E-state index contributed by atoms with van der Waals surface area (Å²) in [4.78, 5) is 0. The van der Waals surface area contributed by atoms with E-state index in [1.54, 1.807) is 0 Å². The summed E-state index contributed by atoms with van der Waals surface area (Å²) < 4.78 is 39.4. The molecule has 0 aliphatic heterocycles. The number of hydrogen-bond acceptors (Lipinski definition) is 1. The van der Waals surface area contributed by atoms with Crippen LogP contribution in [0.3, 0.4) is 0 Å². The van der Waals surface area contributed by atoms with Gasteiger partial charge in [-0.2, -0.15) is 0 Å². The molecule has 0 amide bonds. The molecule has 0 spiro atoms. The molecule has 2 rings (SSSR count). The van der Waals surface area contributed by atoms with E-state index in [0.29, 0.717) is 18.4 Å². The van der Waals surface area contributed by atoms with E-state index >= 15 is 0 Å². The Bertz CT molecular complexity index is 436. The summed E-state index contributed by atoms with van der Waals surface area (Å²) >= 11 is 3.04. The Morgan fingerprint density at radius 1 is 1.44 bits per heavy atom. The number of benzene rings is 1. The maximum Gasteiger partial charge on any atom is 0.248 e. The fraction of sp³-hybridized carbons (Fsp3) is 0.538. The van der Waals surface area contributed by atoms with Crippen LogP contribution in [0.5, 0.6) is 0 Å². The smallest absolute Gasteiger partial charge is 0.248 e. The minimum atomic E-state index is -2.59. The predicted molar refractivity (Wildman–Crippen MR) is 66.0 cm³/mol. The third kappa shape index (κ3) is 3.26. The van der Waals surface area contributed by atoms with E-state index < -0.39 is 17.8 Å². The van der Waals surface area contributed by atoms with Crippen LogP contribution in [0.25, 0.3) is 0 Å². The highest BCUT2D eigenvalue weighted by atomic mass is 79.9. The zero-order valence-electron chi connectivity index (χ0n) is 9.67. The highest BCUT2D eigenvalue weighted by Crippen LogP contribution is 2.42. The van der Waals surface area contributed by atoms with Gasteiger partial charge in [0, 0.05) is 12.8 Å². The number of aliphatic hydroxyl groups is 1. The Balaban J connectivity index is 1.99. The van der Waals surface area contributed by atoms with Gasteiger partial charge in [0.1, 0.15) is 5.82 Å². The molecule has 1 N–H and O–H groups in total. The topological polar surface area (TPSA) is 20.2 Å². The summed E-state index contributed by atoms with van der Waals surface area (Å²) in [7, 11) is 0. The fourth-order valence-corrected chi connectivity index (χ4v) is 2.81. The van der Waals surface area contributed by atoms with Gasteiger partial charge in [0.05, 0.1) is 10.6 Å². The van der Waals surface area contributed by atoms with Gasteiger partial charge in [-0.3, -0.25) is 0 Å². The highest BCUT2D eigenvalue weighted by Gasteiger charge is 2.39. The van der Waals surface area contributed by atoms with Crippen molar-refractivity contribution in [2.45, 2.75) is 37.7 Å². The van der Waals surface area contributed by atoms with Crippen LogP contribution in [-0.4, -0.2) is 11.0 Å². The maximum atomic E-state index is 13.0. The van der Waals surface area contributed by atoms with Gasteiger partial charge < -0.3 is 5.11 Å². The lowest BCUT2D eigenvalue weighted by molar-refractivity contribution is 0.00254. The fourth-order valence-electron chi connectivity index (χ4n) is 2.41. The largest absolute Gasteiger partial charge is 0.388 e. The first kappa shape index (κ1) is 13.9. The summed E-state index contributed by atoms with van der Waals surface area (Å²) in [6.07, 6.45) is -0.343. The molecule has 1 aromatic carbocycles. The predicted octanol–water partition coefficient (Wildman–Crippen LogP) is 4.45. The highest BCUT2D eigenvalue weighted by molar-refractivity contribution is 9.10. The Labute approximate surface area is 112 Å². The van der Waals surface area contributed by atoms with Crippen LogP contribution < -0.4 is 0 Å². The van der Waals surface area contributed by atoms with E-state index in [1.807, 2.05) is 0 Å². The van der Waals surface area contributed by atoms with Crippen molar-refractivity contribution in [3.63, 3.8) is 0 Å². The molecule has 0 aromatic heterocycles. The molecule has 0 radical (unpaired) electrons. The second-order valence-corrected chi connectivity index (χ2v) is 5.74. The molecule has 1 aliphatic rings. The number of halogens is 4. The van der Waals surface area contributed by atoms with E-state index in [1.165, 1.54) is 18.2 Å². The van der Waals surface area contributed by atoms with Crippen LogP contribution in [0.2, 0.25) is 0 Å². The molecule has 1 fully saturated rings. The normalized spacial score (nSPS) is 24.2. The minimum absolute atomic E-state index is 0.0997. The molecule has 1 aliphatic carbocycles. The molecule has 0 saturated heterocycles. The molecular formula is C13H14BrF3O. The SMILES string of the molecule is OC(CC1CCC(F)(F)C1)c1ccc(F)c(Br)c1. The second-order valence-electron chi connectivity index (χ2n) is 4.89. The van der Waals surface area contributed by atoms with Gasteiger partial charge in [-0.25, -0.2) is 13.2 Å². The van der Waals surface area contributed by atoms with Crippen molar-refractivity contribution in [1.82, 2.24) is 0 Å². The van der Waals surface area contributed by atoms with Crippen molar-refractivity contribution in [2.75, 3.05) is 0 Å². The van der Waals surface area contributed by atoms with Crippen molar-refractivity contribution in [2.24, 2.45) is 5.92 Å². The summed E-state index contributed by atoms with van der Waals surface area (Å²) in [6.45, 7) is 0. The third-order valence-electron chi connectivity index (χ3n) is 3.39. The molecule has 18 heavy (non-hydrogen) atoms. The maximum absolute atomic E-state index is 13.0. The van der Waals surface area contributed by atoms with Crippen molar-refractivity contribution >= 4 is 15.9 Å². The van der Waals surface area contributed by atoms with Crippen LogP contribution in [-0.2, 0) is 0 Å². The lowest BCUT2D eigenvalue weighted by atomic mass is 9.95. The van der Waals surface area contributed by atoms with Gasteiger partial charge in [-0.1, -0.05) is 6.07 Å². The molecule has 1 nitrogen and oxygen atoms in total. The quantitative estimate of drug-likeness (QED) is 0.871. The van der Waals surface area contributed by atoms with Gasteiger partial charge in [0.2, 0.25) is 5.92 Å². The van der Waals surface area contributed by atoms with E-state index in [-0.39, 0.29) is 23.2 Å². The molecule has 0 heterocycles. The Kier molecular flexibility index (Phi) is 4.02. The summed E-state index contributed by atoms with van der Waals surface area (Å²) in [5.41, 5.74) is 0.554. The molecule has 2 atom stereocenters. The molecule has 0 bridgehead atoms. The average Bonchev–Trinajstić information content (AvgIpc) is 2.62. The number of alkyl halides is 2. The zero-order chi connectivity index (χ0) is 13.3. The third-order valence-corrected chi connectivity index (χ3v) is 4.00. The van der Waals surface area contributed by atoms with E-state index in [0.717, 1.165) is 0 Å². The lowest BCUT2D eigenvalue weighted by Gasteiger charge is -2.16. The Hall–Kier alpha value is -0.550. The molecule has 100 valence electrons. The molecule has 1 aromatic rings. The van der Waals surface area contributed by atoms with Gasteiger partial charge >= 0.3 is 0 Å². The lowest BCUT2D eigenvalue weighted by Crippen LogP contribution is -2.11. The first-order chi connectivity index (χ1) is 8.37. The number of aliphatic hydroxyl groups excluding tert-OH is 1. The van der Waals surface area contributed by atoms with E-state index in [9.17, 15) is 18.3 Å². The van der Waals surface area contributed by atoms with Gasteiger partial charge in [0.25, 0.3) is 0 Å². The molecule has 2 unspecified atom stereocenters. The van der Waals surface area contributed by atoms with Gasteiger partial charge in [-0.15, -0.1) is 0 Å². The average molecular weight is 323 g/mol. The van der Waals surface area contributed by atoms with Crippen molar-refractivity contribution < 1.29 is 18.3 Å². The Morgan fingerprint density at radius 2 is 2.17 bits per heavy atom. The first-order valence-corrected chi connectivity index (χ1v) is 6.67. The molecular weight excluding hydrogens is 309 g/mol. The Morgan fingerprint density at radius 3 is 2.72 bits per heavy atom. The minimum Gasteiger partial charge on any atom is -0.388 e. The zero-order valence-corrected chi connectivity index (χ0v) is 11.3. The van der Waals surface area contributed by atoms with Crippen LogP contribution in [0, 0.1) is 11.7 Å². The standard InChI is InChI=1S/C13H14BrF3O/c14-10-6-9(1-2-11(10)15)12(18)5-8-3-4-13(16,17)7-8/h1-2,6,8,12,18H,3-5,7H2.